The molecule has 3 amide bonds. The fourth-order valence-corrected chi connectivity index (χ4v) is 5.90. The lowest BCUT2D eigenvalue weighted by Gasteiger charge is -2.18. The van der Waals surface area contributed by atoms with Crippen molar-refractivity contribution >= 4 is 46.7 Å². The highest BCUT2D eigenvalue weighted by atomic mass is 35.5. The number of carbonyl (C=O) groups is 4. The molecule has 0 N–H and O–H groups in total. The Morgan fingerprint density at radius 2 is 1.59 bits per heavy atom. The highest BCUT2D eigenvalue weighted by Gasteiger charge is 2.59. The third-order valence-corrected chi connectivity index (χ3v) is 7.61. The molecule has 34 heavy (non-hydrogen) atoms. The SMILES string of the molecule is O=C(Oc1cccc(N2C(=O)[C@H]3[C@H](C2=O)[C@H]2C=C[C@H]3C2)c1)[C@H]1CC(=O)N(c2ccc(Cl)cc2)C1. The highest BCUT2D eigenvalue weighted by molar-refractivity contribution is 6.30. The first-order chi connectivity index (χ1) is 16.4. The second-order valence-corrected chi connectivity index (χ2v) is 9.75. The summed E-state index contributed by atoms with van der Waals surface area (Å²) >= 11 is 5.92. The van der Waals surface area contributed by atoms with Gasteiger partial charge in [0.25, 0.3) is 0 Å². The second kappa shape index (κ2) is 7.81. The lowest BCUT2D eigenvalue weighted by atomic mass is 9.85. The molecule has 2 saturated heterocycles. The van der Waals surface area contributed by atoms with Gasteiger partial charge in [0.1, 0.15) is 5.75 Å². The summed E-state index contributed by atoms with van der Waals surface area (Å²) < 4.78 is 5.57. The quantitative estimate of drug-likeness (QED) is 0.291. The standard InChI is InChI=1S/C26H21ClN2O5/c27-17-6-8-18(9-7-17)28-13-16(11-21(28)30)26(33)34-20-3-1-2-19(12-20)29-24(31)22-14-4-5-15(10-14)23(22)25(29)32/h1-9,12,14-16,22-23H,10-11,13H2/t14-,15-,16-,22+,23+/m0/s1. The van der Waals surface area contributed by atoms with Crippen molar-refractivity contribution in [2.45, 2.75) is 12.8 Å². The summed E-state index contributed by atoms with van der Waals surface area (Å²) in [5, 5.41) is 0.564. The Bertz CT molecular complexity index is 1230. The molecule has 2 bridgehead atoms. The number of hydrogen-bond acceptors (Lipinski definition) is 5. The maximum Gasteiger partial charge on any atom is 0.316 e. The van der Waals surface area contributed by atoms with Crippen LogP contribution in [0.25, 0.3) is 0 Å². The molecule has 2 aliphatic heterocycles. The molecule has 0 unspecified atom stereocenters. The number of hydrogen-bond donors (Lipinski definition) is 0. The van der Waals surface area contributed by atoms with Gasteiger partial charge in [0.05, 0.1) is 23.4 Å². The van der Waals surface area contributed by atoms with E-state index in [1.807, 2.05) is 0 Å². The molecule has 2 aromatic rings. The minimum absolute atomic E-state index is 0.0450. The Balaban J connectivity index is 1.16. The van der Waals surface area contributed by atoms with Crippen molar-refractivity contribution in [3.8, 4) is 5.75 Å². The van der Waals surface area contributed by atoms with Crippen LogP contribution in [0.4, 0.5) is 11.4 Å². The first-order valence-corrected chi connectivity index (χ1v) is 11.7. The van der Waals surface area contributed by atoms with E-state index >= 15 is 0 Å². The van der Waals surface area contributed by atoms with Gasteiger partial charge in [-0.3, -0.25) is 19.2 Å². The molecule has 0 spiro atoms. The number of rotatable bonds is 4. The molecule has 2 aliphatic carbocycles. The van der Waals surface area contributed by atoms with Crippen LogP contribution >= 0.6 is 11.6 Å². The van der Waals surface area contributed by atoms with Crippen LogP contribution in [0.5, 0.6) is 5.75 Å². The number of imide groups is 1. The van der Waals surface area contributed by atoms with Gasteiger partial charge in [-0.1, -0.05) is 29.8 Å². The minimum Gasteiger partial charge on any atom is -0.426 e. The number of allylic oxidation sites excluding steroid dienone is 2. The Labute approximate surface area is 200 Å². The number of carbonyl (C=O) groups excluding carboxylic acids is 4. The molecular formula is C26H21ClN2O5. The molecule has 6 rings (SSSR count). The topological polar surface area (TPSA) is 84.0 Å². The number of esters is 1. The number of benzene rings is 2. The van der Waals surface area contributed by atoms with Gasteiger partial charge in [-0.2, -0.15) is 0 Å². The molecule has 0 radical (unpaired) electrons. The van der Waals surface area contributed by atoms with Crippen LogP contribution in [-0.2, 0) is 19.2 Å². The van der Waals surface area contributed by atoms with Crippen LogP contribution in [0.2, 0.25) is 5.02 Å². The lowest BCUT2D eigenvalue weighted by molar-refractivity contribution is -0.139. The zero-order chi connectivity index (χ0) is 23.6. The van der Waals surface area contributed by atoms with Crippen molar-refractivity contribution in [1.29, 1.82) is 0 Å². The molecule has 0 aromatic heterocycles. The maximum absolute atomic E-state index is 13.1. The van der Waals surface area contributed by atoms with Gasteiger partial charge in [0.15, 0.2) is 0 Å². The van der Waals surface area contributed by atoms with Crippen molar-refractivity contribution in [2.75, 3.05) is 16.3 Å². The maximum atomic E-state index is 13.1. The van der Waals surface area contributed by atoms with Gasteiger partial charge in [0, 0.05) is 29.7 Å². The summed E-state index contributed by atoms with van der Waals surface area (Å²) in [6.45, 7) is 0.210. The third kappa shape index (κ3) is 3.26. The van der Waals surface area contributed by atoms with Crippen LogP contribution in [0.1, 0.15) is 12.8 Å². The van der Waals surface area contributed by atoms with E-state index in [0.717, 1.165) is 6.42 Å². The molecule has 1 saturated carbocycles. The normalized spacial score (nSPS) is 29.3. The number of halogens is 1. The molecule has 2 aromatic carbocycles. The molecular weight excluding hydrogens is 456 g/mol. The predicted molar refractivity (Wildman–Crippen MR) is 124 cm³/mol. The fraction of sp³-hybridized carbons (Fsp3) is 0.308. The largest absolute Gasteiger partial charge is 0.426 e. The minimum atomic E-state index is -0.622. The smallest absolute Gasteiger partial charge is 0.316 e. The summed E-state index contributed by atoms with van der Waals surface area (Å²) in [5.41, 5.74) is 1.08. The number of nitrogens with zero attached hydrogens (tertiary/aromatic N) is 2. The van der Waals surface area contributed by atoms with Crippen molar-refractivity contribution < 1.29 is 23.9 Å². The van der Waals surface area contributed by atoms with Crippen LogP contribution in [-0.4, -0.2) is 30.2 Å². The number of fused-ring (bicyclic) bond motifs is 5. The zero-order valence-corrected chi connectivity index (χ0v) is 18.9. The summed E-state index contributed by atoms with van der Waals surface area (Å²) in [7, 11) is 0. The van der Waals surface area contributed by atoms with Gasteiger partial charge >= 0.3 is 5.97 Å². The molecule has 3 fully saturated rings. The molecule has 172 valence electrons. The Morgan fingerprint density at radius 3 is 2.26 bits per heavy atom. The van der Waals surface area contributed by atoms with Crippen LogP contribution in [0.15, 0.2) is 60.7 Å². The van der Waals surface area contributed by atoms with Gasteiger partial charge in [0.2, 0.25) is 17.7 Å². The van der Waals surface area contributed by atoms with Gasteiger partial charge in [-0.25, -0.2) is 4.90 Å². The lowest BCUT2D eigenvalue weighted by Crippen LogP contribution is -2.32. The summed E-state index contributed by atoms with van der Waals surface area (Å²) in [6, 6.07) is 13.3. The monoisotopic (exact) mass is 476 g/mol. The molecule has 8 heteroatoms. The van der Waals surface area contributed by atoms with E-state index in [-0.39, 0.29) is 60.1 Å². The average Bonchev–Trinajstić information content (AvgIpc) is 3.58. The number of anilines is 2. The second-order valence-electron chi connectivity index (χ2n) is 9.31. The fourth-order valence-electron chi connectivity index (χ4n) is 5.78. The summed E-state index contributed by atoms with van der Waals surface area (Å²) in [4.78, 5) is 54.2. The zero-order valence-electron chi connectivity index (χ0n) is 18.1. The van der Waals surface area contributed by atoms with E-state index < -0.39 is 11.9 Å². The summed E-state index contributed by atoms with van der Waals surface area (Å²) in [5.74, 6) is -1.79. The molecule has 2 heterocycles. The van der Waals surface area contributed by atoms with E-state index in [1.54, 1.807) is 47.4 Å². The van der Waals surface area contributed by atoms with Crippen molar-refractivity contribution in [2.24, 2.45) is 29.6 Å². The van der Waals surface area contributed by atoms with Crippen molar-refractivity contribution in [3.05, 3.63) is 65.7 Å². The van der Waals surface area contributed by atoms with Gasteiger partial charge < -0.3 is 9.64 Å². The van der Waals surface area contributed by atoms with Crippen molar-refractivity contribution in [3.63, 3.8) is 0 Å². The van der Waals surface area contributed by atoms with Crippen LogP contribution < -0.4 is 14.5 Å². The first-order valence-electron chi connectivity index (χ1n) is 11.3. The average molecular weight is 477 g/mol. The number of amides is 3. The van der Waals surface area contributed by atoms with Crippen molar-refractivity contribution in [1.82, 2.24) is 0 Å². The van der Waals surface area contributed by atoms with E-state index in [1.165, 1.54) is 11.0 Å². The van der Waals surface area contributed by atoms with Gasteiger partial charge in [-0.15, -0.1) is 0 Å². The predicted octanol–water partition coefficient (Wildman–Crippen LogP) is 3.61. The van der Waals surface area contributed by atoms with Gasteiger partial charge in [-0.05, 0) is 54.7 Å². The van der Waals surface area contributed by atoms with Crippen LogP contribution in [0, 0.1) is 29.6 Å². The first kappa shape index (κ1) is 21.1. The van der Waals surface area contributed by atoms with E-state index in [9.17, 15) is 19.2 Å². The van der Waals surface area contributed by atoms with Crippen LogP contribution in [0.3, 0.4) is 0 Å². The Hall–Kier alpha value is -3.45. The molecule has 4 aliphatic rings. The molecule has 7 nitrogen and oxygen atoms in total. The Kier molecular flexibility index (Phi) is 4.85. The number of ether oxygens (including phenoxy) is 1. The Morgan fingerprint density at radius 1 is 0.912 bits per heavy atom. The third-order valence-electron chi connectivity index (χ3n) is 7.36. The van der Waals surface area contributed by atoms with E-state index in [4.69, 9.17) is 16.3 Å². The highest BCUT2D eigenvalue weighted by Crippen LogP contribution is 2.53. The summed E-state index contributed by atoms with van der Waals surface area (Å²) in [6.07, 6.45) is 5.01. The van der Waals surface area contributed by atoms with E-state index in [0.29, 0.717) is 16.4 Å². The molecule has 5 atom stereocenters. The van der Waals surface area contributed by atoms with E-state index in [2.05, 4.69) is 12.2 Å².